The number of hydrogen-bond acceptors (Lipinski definition) is 3. The van der Waals surface area contributed by atoms with E-state index in [2.05, 4.69) is 205 Å². The van der Waals surface area contributed by atoms with Crippen molar-refractivity contribution in [2.24, 2.45) is 17.8 Å². The summed E-state index contributed by atoms with van der Waals surface area (Å²) >= 11 is 10.9. The molecule has 322 valence electrons. The standard InChI is InChI=1S/C23H35BrNSSi.C23H32BrNSSi.CH3.2ClH.Ti/c2*1-13(2)19-11-17(24)12-20(14(3)4)21(19)25-27(7,8)23-16(6)15(5)18-9-10-26-22(18)23;;;;/h9-16,18,22-23H,1-8H3;9-14,23,25H,1-8H3;1H3;2*1H;/q-1;;-1;;;+2/p-2. The van der Waals surface area contributed by atoms with Gasteiger partial charge in [-0.05, 0) is 132 Å². The molecule has 6 unspecified atom stereocenters. The van der Waals surface area contributed by atoms with Crippen molar-refractivity contribution in [2.75, 3.05) is 4.98 Å². The van der Waals surface area contributed by atoms with E-state index in [0.29, 0.717) is 29.2 Å². The summed E-state index contributed by atoms with van der Waals surface area (Å²) in [5.74, 6) is 4.22. The van der Waals surface area contributed by atoms with E-state index in [-0.39, 0.29) is 7.43 Å². The summed E-state index contributed by atoms with van der Waals surface area (Å²) in [5, 5.41) is 5.35. The van der Waals surface area contributed by atoms with E-state index >= 15 is 0 Å². The van der Waals surface area contributed by atoms with E-state index in [4.69, 9.17) is 23.6 Å². The van der Waals surface area contributed by atoms with Crippen molar-refractivity contribution in [1.29, 1.82) is 0 Å². The second-order valence-electron chi connectivity index (χ2n) is 18.9. The van der Waals surface area contributed by atoms with Crippen LogP contribution in [0.5, 0.6) is 0 Å². The molecule has 1 N–H and O–H groups in total. The van der Waals surface area contributed by atoms with Crippen LogP contribution >= 0.6 is 73.6 Å². The van der Waals surface area contributed by atoms with Crippen LogP contribution in [0.25, 0.3) is 10.6 Å². The average molecular weight is 1060 g/mol. The third kappa shape index (κ3) is 11.5. The number of anilines is 1. The van der Waals surface area contributed by atoms with Gasteiger partial charge in [0.2, 0.25) is 0 Å². The van der Waals surface area contributed by atoms with Crippen molar-refractivity contribution in [3.8, 4) is 0 Å². The Labute approximate surface area is 398 Å². The number of halogens is 4. The van der Waals surface area contributed by atoms with Gasteiger partial charge in [0, 0.05) is 30.3 Å². The van der Waals surface area contributed by atoms with E-state index in [1.165, 1.54) is 53.7 Å². The molecule has 6 rings (SSSR count). The van der Waals surface area contributed by atoms with Gasteiger partial charge in [-0.15, -0.1) is 28.8 Å². The topological polar surface area (TPSA) is 26.1 Å². The van der Waals surface area contributed by atoms with Gasteiger partial charge in [-0.1, -0.05) is 150 Å². The van der Waals surface area contributed by atoms with Gasteiger partial charge in [-0.3, -0.25) is 0 Å². The summed E-state index contributed by atoms with van der Waals surface area (Å²) in [6.07, 6.45) is 2.47. The van der Waals surface area contributed by atoms with Crippen molar-refractivity contribution < 1.29 is 17.0 Å². The minimum absolute atomic E-state index is 0. The fourth-order valence-electron chi connectivity index (χ4n) is 9.71. The van der Waals surface area contributed by atoms with Gasteiger partial charge >= 0.3 is 35.6 Å². The molecule has 0 radical (unpaired) electrons. The number of rotatable bonds is 10. The minimum atomic E-state index is -1.82. The SMILES string of the molecule is CC(C)c1cc(Br)cc(C(C)C)c1[N-][Si](C)(C)C1C(C)C(C)C2C=CSC21.CC1=C(C)C([Si](C)(C)Nc2c(C(C)C)cc(Br)cc2C(C)C)c2sccc21.[CH3-].[Cl][Ti][Cl]. The van der Waals surface area contributed by atoms with Gasteiger partial charge in [0.25, 0.3) is 0 Å². The maximum absolute atomic E-state index is 5.68. The van der Waals surface area contributed by atoms with Crippen LogP contribution in [-0.2, 0) is 17.0 Å². The molecule has 0 amide bonds. The van der Waals surface area contributed by atoms with Crippen molar-refractivity contribution in [3.63, 3.8) is 0 Å². The average Bonchev–Trinajstić information content (AvgIpc) is 3.87. The number of thioether (sulfide) groups is 1. The number of fused-ring (bicyclic) bond motifs is 2. The Morgan fingerprint density at radius 1 is 0.776 bits per heavy atom. The molecule has 3 aliphatic rings. The molecule has 1 aliphatic heterocycles. The molecule has 1 saturated carbocycles. The summed E-state index contributed by atoms with van der Waals surface area (Å²) < 4.78 is 2.38. The van der Waals surface area contributed by atoms with E-state index in [0.717, 1.165) is 28.5 Å². The molecule has 2 heterocycles. The van der Waals surface area contributed by atoms with Gasteiger partial charge in [0.05, 0.1) is 0 Å². The maximum atomic E-state index is 5.68. The number of thiophene rings is 1. The second-order valence-corrected chi connectivity index (χ2v) is 33.8. The Balaban J connectivity index is 0.000000286. The summed E-state index contributed by atoms with van der Waals surface area (Å²) in [4.78, 5) is 11.4. The zero-order valence-electron chi connectivity index (χ0n) is 38.2. The molecule has 2 nitrogen and oxygen atoms in total. The molecule has 6 atom stereocenters. The Bertz CT molecular complexity index is 1870. The third-order valence-corrected chi connectivity index (χ3v) is 22.8. The van der Waals surface area contributed by atoms with Crippen LogP contribution in [0.15, 0.2) is 61.7 Å². The quantitative estimate of drug-likeness (QED) is 0.162. The van der Waals surface area contributed by atoms with Crippen LogP contribution in [-0.4, -0.2) is 21.7 Å². The van der Waals surface area contributed by atoms with Crippen LogP contribution < -0.4 is 4.98 Å². The Kier molecular flexibility index (Phi) is 19.7. The molecule has 3 aromatic rings. The number of allylic oxidation sites excluding steroid dienone is 3. The summed E-state index contributed by atoms with van der Waals surface area (Å²) in [6.45, 7) is 38.0. The molecular weight excluding hydrogens is 991 g/mol. The first-order valence-electron chi connectivity index (χ1n) is 20.7. The van der Waals surface area contributed by atoms with Gasteiger partial charge in [-0.25, -0.2) is 0 Å². The molecule has 2 aliphatic carbocycles. The van der Waals surface area contributed by atoms with Crippen LogP contribution in [0.3, 0.4) is 0 Å². The van der Waals surface area contributed by atoms with Crippen LogP contribution in [0.1, 0.15) is 145 Å². The van der Waals surface area contributed by atoms with Crippen LogP contribution in [0, 0.1) is 25.2 Å². The predicted octanol–water partition coefficient (Wildman–Crippen LogP) is 19.1. The fourth-order valence-corrected chi connectivity index (χ4v) is 22.2. The molecule has 1 fully saturated rings. The van der Waals surface area contributed by atoms with Crippen LogP contribution in [0.4, 0.5) is 11.4 Å². The molecule has 0 saturated heterocycles. The Hall–Kier alpha value is 0.258. The second kappa shape index (κ2) is 21.8. The molecule has 0 bridgehead atoms. The first-order chi connectivity index (χ1) is 26.5. The zero-order chi connectivity index (χ0) is 42.9. The van der Waals surface area contributed by atoms with Gasteiger partial charge < -0.3 is 17.4 Å². The van der Waals surface area contributed by atoms with E-state index in [1.54, 1.807) is 10.5 Å². The third-order valence-electron chi connectivity index (χ3n) is 12.8. The number of benzene rings is 2. The fraction of sp³-hybridized carbons (Fsp3) is 0.553. The Morgan fingerprint density at radius 3 is 1.71 bits per heavy atom. The van der Waals surface area contributed by atoms with Crippen molar-refractivity contribution >= 4 is 107 Å². The van der Waals surface area contributed by atoms with E-state index < -0.39 is 33.5 Å². The number of nitrogens with one attached hydrogen (secondary N) is 1. The summed E-state index contributed by atoms with van der Waals surface area (Å²) in [7, 11) is 6.14. The molecule has 0 spiro atoms. The zero-order valence-corrected chi connectivity index (χ0v) is 48.0. The predicted molar refractivity (Wildman–Crippen MR) is 276 cm³/mol. The molecule has 11 heteroatoms. The monoisotopic (exact) mass is 1060 g/mol. The first-order valence-corrected chi connectivity index (χ1v) is 34.5. The number of hydrogen-bond donors (Lipinski definition) is 1. The van der Waals surface area contributed by atoms with Gasteiger partial charge in [-0.2, -0.15) is 0 Å². The van der Waals surface area contributed by atoms with Crippen molar-refractivity contribution in [2.45, 2.75) is 149 Å². The van der Waals surface area contributed by atoms with E-state index in [1.807, 2.05) is 11.3 Å². The molecule has 2 aromatic carbocycles. The van der Waals surface area contributed by atoms with Gasteiger partial charge in [0.15, 0.2) is 8.24 Å². The van der Waals surface area contributed by atoms with Gasteiger partial charge in [0.1, 0.15) is 0 Å². The molecule has 58 heavy (non-hydrogen) atoms. The summed E-state index contributed by atoms with van der Waals surface area (Å²) in [5.41, 5.74) is 14.2. The van der Waals surface area contributed by atoms with E-state index in [9.17, 15) is 0 Å². The molecular formula is C47H70Br2Cl2N2S2Si2Ti-2. The first kappa shape index (κ1) is 52.6. The van der Waals surface area contributed by atoms with Crippen LogP contribution in [0.2, 0.25) is 31.7 Å². The Morgan fingerprint density at radius 2 is 1.24 bits per heavy atom. The summed E-state index contributed by atoms with van der Waals surface area (Å²) in [6, 6.07) is 11.5. The molecule has 1 aromatic heterocycles. The van der Waals surface area contributed by atoms with Crippen molar-refractivity contribution in [1.82, 2.24) is 0 Å². The van der Waals surface area contributed by atoms with Crippen molar-refractivity contribution in [3.05, 3.63) is 107 Å². The normalized spacial score (nSPS) is 22.4. The number of nitrogens with zero attached hydrogens (tertiary/aromatic N) is 1.